The van der Waals surface area contributed by atoms with Crippen LogP contribution in [0.2, 0.25) is 0 Å². The van der Waals surface area contributed by atoms with Crippen LogP contribution in [0.5, 0.6) is 0 Å². The van der Waals surface area contributed by atoms with Crippen molar-refractivity contribution in [3.05, 3.63) is 41.3 Å². The summed E-state index contributed by atoms with van der Waals surface area (Å²) in [6, 6.07) is 6.40. The third kappa shape index (κ3) is 2.46. The number of aldehydes is 1. The Labute approximate surface area is 114 Å². The second kappa shape index (κ2) is 4.65. The van der Waals surface area contributed by atoms with Crippen LogP contribution in [0.25, 0.3) is 11.3 Å². The van der Waals surface area contributed by atoms with Crippen LogP contribution in [0.1, 0.15) is 42.4 Å². The van der Waals surface area contributed by atoms with Crippen LogP contribution in [0.3, 0.4) is 0 Å². The lowest BCUT2D eigenvalue weighted by Gasteiger charge is -2.20. The highest BCUT2D eigenvalue weighted by atomic mass is 16.1. The molecule has 0 aliphatic rings. The van der Waals surface area contributed by atoms with E-state index in [0.29, 0.717) is 5.69 Å². The van der Waals surface area contributed by atoms with Gasteiger partial charge in [0.1, 0.15) is 5.69 Å². The van der Waals surface area contributed by atoms with Gasteiger partial charge in [0.15, 0.2) is 6.29 Å². The normalized spacial score (nSPS) is 11.6. The average molecular weight is 256 g/mol. The Morgan fingerprint density at radius 1 is 1.26 bits per heavy atom. The number of hydrogen-bond donors (Lipinski definition) is 0. The lowest BCUT2D eigenvalue weighted by atomic mass is 9.85. The van der Waals surface area contributed by atoms with Gasteiger partial charge in [-0.2, -0.15) is 0 Å². The zero-order chi connectivity index (χ0) is 14.2. The number of hydrogen-bond acceptors (Lipinski definition) is 2. The molecule has 0 spiro atoms. The van der Waals surface area contributed by atoms with Crippen molar-refractivity contribution in [1.29, 1.82) is 0 Å². The third-order valence-corrected chi connectivity index (χ3v) is 3.42. The molecule has 0 saturated heterocycles. The molecule has 2 aromatic rings. The summed E-state index contributed by atoms with van der Waals surface area (Å²) in [5.74, 6) is 0. The van der Waals surface area contributed by atoms with Crippen molar-refractivity contribution in [1.82, 2.24) is 9.55 Å². The summed E-state index contributed by atoms with van der Waals surface area (Å²) < 4.78 is 1.89. The molecule has 0 radical (unpaired) electrons. The van der Waals surface area contributed by atoms with Crippen molar-refractivity contribution in [3.63, 3.8) is 0 Å². The minimum atomic E-state index is 0.128. The maximum absolute atomic E-state index is 11.1. The standard InChI is InChI=1S/C16H20N2O/c1-11-8-12(16(2,3)4)6-7-13(11)15-14(9-19)17-10-18(15)5/h6-10H,1-5H3. The largest absolute Gasteiger partial charge is 0.333 e. The van der Waals surface area contributed by atoms with Crippen molar-refractivity contribution in [2.24, 2.45) is 7.05 Å². The first-order valence-corrected chi connectivity index (χ1v) is 6.42. The van der Waals surface area contributed by atoms with Gasteiger partial charge in [-0.1, -0.05) is 39.0 Å². The van der Waals surface area contributed by atoms with Gasteiger partial charge in [0.2, 0.25) is 0 Å². The number of aryl methyl sites for hydroxylation is 2. The van der Waals surface area contributed by atoms with E-state index in [1.54, 1.807) is 6.33 Å². The molecule has 1 heterocycles. The Kier molecular flexibility index (Phi) is 3.31. The molecule has 3 nitrogen and oxygen atoms in total. The topological polar surface area (TPSA) is 34.9 Å². The molecular formula is C16H20N2O. The quantitative estimate of drug-likeness (QED) is 0.771. The van der Waals surface area contributed by atoms with Crippen molar-refractivity contribution < 1.29 is 4.79 Å². The van der Waals surface area contributed by atoms with Crippen molar-refractivity contribution in [2.45, 2.75) is 33.1 Å². The summed E-state index contributed by atoms with van der Waals surface area (Å²) in [5, 5.41) is 0. The van der Waals surface area contributed by atoms with Crippen LogP contribution < -0.4 is 0 Å². The Morgan fingerprint density at radius 3 is 2.47 bits per heavy atom. The molecule has 1 aromatic carbocycles. The van der Waals surface area contributed by atoms with Crippen LogP contribution in [-0.2, 0) is 12.5 Å². The molecule has 3 heteroatoms. The van der Waals surface area contributed by atoms with E-state index in [1.165, 1.54) is 11.1 Å². The SMILES string of the molecule is Cc1cc(C(C)(C)C)ccc1-c1c(C=O)ncn1C. The molecule has 19 heavy (non-hydrogen) atoms. The third-order valence-electron chi connectivity index (χ3n) is 3.42. The first-order valence-electron chi connectivity index (χ1n) is 6.42. The van der Waals surface area contributed by atoms with Gasteiger partial charge in [0, 0.05) is 12.6 Å². The van der Waals surface area contributed by atoms with Gasteiger partial charge in [-0.05, 0) is 23.5 Å². The molecule has 0 bridgehead atoms. The number of benzene rings is 1. The highest BCUT2D eigenvalue weighted by Crippen LogP contribution is 2.30. The molecule has 100 valence electrons. The molecule has 0 unspecified atom stereocenters. The molecule has 2 rings (SSSR count). The number of aromatic nitrogens is 2. The summed E-state index contributed by atoms with van der Waals surface area (Å²) >= 11 is 0. The predicted molar refractivity (Wildman–Crippen MR) is 77.5 cm³/mol. The maximum Gasteiger partial charge on any atom is 0.170 e. The number of carbonyl (C=O) groups is 1. The van der Waals surface area contributed by atoms with Crippen LogP contribution in [0, 0.1) is 6.92 Å². The average Bonchev–Trinajstić information content (AvgIpc) is 2.69. The molecule has 0 N–H and O–H groups in total. The molecule has 0 aliphatic carbocycles. The van der Waals surface area contributed by atoms with Crippen molar-refractivity contribution in [3.8, 4) is 11.3 Å². The smallest absolute Gasteiger partial charge is 0.170 e. The van der Waals surface area contributed by atoms with E-state index in [-0.39, 0.29) is 5.41 Å². The van der Waals surface area contributed by atoms with Gasteiger partial charge in [0.05, 0.1) is 12.0 Å². The number of imidazole rings is 1. The van der Waals surface area contributed by atoms with E-state index >= 15 is 0 Å². The summed E-state index contributed by atoms with van der Waals surface area (Å²) in [6.07, 6.45) is 2.49. The molecule has 0 atom stereocenters. The fourth-order valence-electron chi connectivity index (χ4n) is 2.26. The van der Waals surface area contributed by atoms with Gasteiger partial charge in [-0.15, -0.1) is 0 Å². The van der Waals surface area contributed by atoms with E-state index < -0.39 is 0 Å². The van der Waals surface area contributed by atoms with Crippen LogP contribution >= 0.6 is 0 Å². The molecular weight excluding hydrogens is 236 g/mol. The second-order valence-electron chi connectivity index (χ2n) is 5.99. The molecule has 0 fully saturated rings. The zero-order valence-corrected chi connectivity index (χ0v) is 12.2. The van der Waals surface area contributed by atoms with E-state index in [0.717, 1.165) is 17.5 Å². The number of nitrogens with zero attached hydrogens (tertiary/aromatic N) is 2. The van der Waals surface area contributed by atoms with Crippen LogP contribution in [0.4, 0.5) is 0 Å². The van der Waals surface area contributed by atoms with E-state index in [1.807, 2.05) is 11.6 Å². The number of rotatable bonds is 2. The van der Waals surface area contributed by atoms with E-state index in [2.05, 4.69) is 50.9 Å². The number of carbonyl (C=O) groups excluding carboxylic acids is 1. The van der Waals surface area contributed by atoms with Gasteiger partial charge in [-0.3, -0.25) is 4.79 Å². The Hall–Kier alpha value is -1.90. The maximum atomic E-state index is 11.1. The van der Waals surface area contributed by atoms with E-state index in [4.69, 9.17) is 0 Å². The van der Waals surface area contributed by atoms with Gasteiger partial charge >= 0.3 is 0 Å². The minimum absolute atomic E-state index is 0.128. The lowest BCUT2D eigenvalue weighted by molar-refractivity contribution is 0.112. The first-order chi connectivity index (χ1) is 8.84. The lowest BCUT2D eigenvalue weighted by Crippen LogP contribution is -2.11. The highest BCUT2D eigenvalue weighted by Gasteiger charge is 2.17. The summed E-state index contributed by atoms with van der Waals surface area (Å²) in [7, 11) is 1.91. The van der Waals surface area contributed by atoms with E-state index in [9.17, 15) is 4.79 Å². The fraction of sp³-hybridized carbons (Fsp3) is 0.375. The van der Waals surface area contributed by atoms with Gasteiger partial charge < -0.3 is 4.57 Å². The Balaban J connectivity index is 2.58. The predicted octanol–water partition coefficient (Wildman–Crippen LogP) is 3.51. The van der Waals surface area contributed by atoms with Crippen molar-refractivity contribution >= 4 is 6.29 Å². The monoisotopic (exact) mass is 256 g/mol. The second-order valence-corrected chi connectivity index (χ2v) is 5.99. The van der Waals surface area contributed by atoms with Gasteiger partial charge in [-0.25, -0.2) is 4.98 Å². The van der Waals surface area contributed by atoms with Crippen LogP contribution in [0.15, 0.2) is 24.5 Å². The molecule has 0 amide bonds. The summed E-state index contributed by atoms with van der Waals surface area (Å²) in [6.45, 7) is 8.67. The highest BCUT2D eigenvalue weighted by molar-refractivity contribution is 5.84. The minimum Gasteiger partial charge on any atom is -0.333 e. The Morgan fingerprint density at radius 2 is 1.95 bits per heavy atom. The molecule has 0 saturated carbocycles. The zero-order valence-electron chi connectivity index (χ0n) is 12.2. The summed E-state index contributed by atoms with van der Waals surface area (Å²) in [5.41, 5.74) is 5.03. The fourth-order valence-corrected chi connectivity index (χ4v) is 2.26. The van der Waals surface area contributed by atoms with Crippen molar-refractivity contribution in [2.75, 3.05) is 0 Å². The van der Waals surface area contributed by atoms with Gasteiger partial charge in [0.25, 0.3) is 0 Å². The Bertz CT molecular complexity index is 618. The molecule has 0 aliphatic heterocycles. The summed E-state index contributed by atoms with van der Waals surface area (Å²) in [4.78, 5) is 15.2. The van der Waals surface area contributed by atoms with Crippen LogP contribution in [-0.4, -0.2) is 15.8 Å². The molecule has 1 aromatic heterocycles. The first kappa shape index (κ1) is 13.5.